The molecule has 0 saturated heterocycles. The molecule has 3 rings (SSSR count). The average Bonchev–Trinajstić information content (AvgIpc) is 3.02. The lowest BCUT2D eigenvalue weighted by Gasteiger charge is -2.20. The van der Waals surface area contributed by atoms with E-state index in [4.69, 9.17) is 4.52 Å². The van der Waals surface area contributed by atoms with Crippen LogP contribution in [0.4, 0.5) is 0 Å². The van der Waals surface area contributed by atoms with Crippen molar-refractivity contribution in [1.82, 2.24) is 10.1 Å². The minimum atomic E-state index is -0.761. The molecule has 17 heavy (non-hydrogen) atoms. The van der Waals surface area contributed by atoms with Crippen LogP contribution in [-0.4, -0.2) is 21.2 Å². The van der Waals surface area contributed by atoms with Crippen LogP contribution in [0.2, 0.25) is 0 Å². The van der Waals surface area contributed by atoms with Crippen LogP contribution >= 0.6 is 0 Å². The highest BCUT2D eigenvalue weighted by Crippen LogP contribution is 2.52. The topological polar surface area (TPSA) is 76.2 Å². The van der Waals surface area contributed by atoms with Gasteiger partial charge in [0.1, 0.15) is 0 Å². The van der Waals surface area contributed by atoms with Crippen LogP contribution < -0.4 is 0 Å². The van der Waals surface area contributed by atoms with E-state index in [1.165, 1.54) is 0 Å². The first kappa shape index (κ1) is 10.5. The van der Waals surface area contributed by atoms with Gasteiger partial charge in [-0.3, -0.25) is 4.79 Å². The Balaban J connectivity index is 1.95. The standard InChI is InChI=1S/C12H14N2O3/c1-2-8-13-11(17-14-8)9-6-3-4-7(5-6)10(9)12(15)16/h3-4,6-7,9-10H,2,5H2,1H3,(H,15,16)/t6-,7-,9+,10-/m0/s1. The molecule has 2 aliphatic carbocycles. The van der Waals surface area contributed by atoms with Crippen LogP contribution in [0.25, 0.3) is 0 Å². The van der Waals surface area contributed by atoms with Crippen molar-refractivity contribution in [3.05, 3.63) is 23.9 Å². The number of aryl methyl sites for hydroxylation is 1. The highest BCUT2D eigenvalue weighted by molar-refractivity contribution is 5.73. The molecule has 1 fully saturated rings. The second-order valence-corrected chi connectivity index (χ2v) is 4.74. The summed E-state index contributed by atoms with van der Waals surface area (Å²) in [5.74, 6) is 0.196. The van der Waals surface area contributed by atoms with Crippen molar-refractivity contribution in [2.24, 2.45) is 17.8 Å². The number of hydrogen-bond donors (Lipinski definition) is 1. The molecule has 1 aromatic rings. The van der Waals surface area contributed by atoms with Crippen LogP contribution in [-0.2, 0) is 11.2 Å². The summed E-state index contributed by atoms with van der Waals surface area (Å²) in [6.07, 6.45) is 5.70. The van der Waals surface area contributed by atoms with E-state index in [1.807, 2.05) is 13.0 Å². The van der Waals surface area contributed by atoms with Crippen molar-refractivity contribution in [3.8, 4) is 0 Å². The smallest absolute Gasteiger partial charge is 0.307 e. The van der Waals surface area contributed by atoms with Crippen molar-refractivity contribution in [2.75, 3.05) is 0 Å². The van der Waals surface area contributed by atoms with Gasteiger partial charge in [-0.1, -0.05) is 24.2 Å². The quantitative estimate of drug-likeness (QED) is 0.804. The van der Waals surface area contributed by atoms with E-state index in [-0.39, 0.29) is 17.8 Å². The second-order valence-electron chi connectivity index (χ2n) is 4.74. The molecular formula is C12H14N2O3. The van der Waals surface area contributed by atoms with Gasteiger partial charge in [0, 0.05) is 6.42 Å². The molecule has 1 aromatic heterocycles. The molecule has 2 aliphatic rings. The number of hydrogen-bond acceptors (Lipinski definition) is 4. The molecule has 5 heteroatoms. The van der Waals surface area contributed by atoms with Crippen molar-refractivity contribution >= 4 is 5.97 Å². The third-order valence-electron chi connectivity index (χ3n) is 3.83. The number of carboxylic acid groups (broad SMARTS) is 1. The van der Waals surface area contributed by atoms with Gasteiger partial charge in [-0.25, -0.2) is 0 Å². The minimum Gasteiger partial charge on any atom is -0.481 e. The molecule has 1 saturated carbocycles. The van der Waals surface area contributed by atoms with Gasteiger partial charge in [-0.15, -0.1) is 0 Å². The molecule has 0 aromatic carbocycles. The molecule has 2 bridgehead atoms. The SMILES string of the molecule is CCc1noc([C@H]2[C@@H](C(=O)O)[C@H]3C=C[C@H]2C3)n1. The number of carboxylic acids is 1. The summed E-state index contributed by atoms with van der Waals surface area (Å²) in [6, 6.07) is 0. The Morgan fingerprint density at radius 2 is 2.29 bits per heavy atom. The summed E-state index contributed by atoms with van der Waals surface area (Å²) in [6.45, 7) is 1.95. The van der Waals surface area contributed by atoms with E-state index < -0.39 is 11.9 Å². The summed E-state index contributed by atoms with van der Waals surface area (Å²) in [5.41, 5.74) is 0. The lowest BCUT2D eigenvalue weighted by Crippen LogP contribution is -2.26. The van der Waals surface area contributed by atoms with Crippen molar-refractivity contribution in [1.29, 1.82) is 0 Å². The van der Waals surface area contributed by atoms with Gasteiger partial charge < -0.3 is 9.63 Å². The summed E-state index contributed by atoms with van der Waals surface area (Å²) >= 11 is 0. The molecule has 1 N–H and O–H groups in total. The number of allylic oxidation sites excluding steroid dienone is 2. The van der Waals surface area contributed by atoms with E-state index in [0.29, 0.717) is 18.1 Å². The predicted octanol–water partition coefficient (Wildman–Crippen LogP) is 1.62. The van der Waals surface area contributed by atoms with Gasteiger partial charge in [-0.2, -0.15) is 4.98 Å². The van der Waals surface area contributed by atoms with Crippen LogP contribution in [0, 0.1) is 17.8 Å². The minimum absolute atomic E-state index is 0.125. The Bertz CT molecular complexity index is 480. The molecule has 0 amide bonds. The van der Waals surface area contributed by atoms with Crippen LogP contribution in [0.3, 0.4) is 0 Å². The van der Waals surface area contributed by atoms with Crippen LogP contribution in [0.15, 0.2) is 16.7 Å². The number of aliphatic carboxylic acids is 1. The molecule has 0 unspecified atom stereocenters. The van der Waals surface area contributed by atoms with E-state index >= 15 is 0 Å². The first-order valence-electron chi connectivity index (χ1n) is 5.94. The molecule has 4 atom stereocenters. The van der Waals surface area contributed by atoms with Gasteiger partial charge in [-0.05, 0) is 18.3 Å². The zero-order valence-corrected chi connectivity index (χ0v) is 9.54. The van der Waals surface area contributed by atoms with Gasteiger partial charge >= 0.3 is 5.97 Å². The Morgan fingerprint density at radius 1 is 1.53 bits per heavy atom. The van der Waals surface area contributed by atoms with E-state index in [0.717, 1.165) is 6.42 Å². The average molecular weight is 234 g/mol. The van der Waals surface area contributed by atoms with E-state index in [1.54, 1.807) is 0 Å². The highest BCUT2D eigenvalue weighted by atomic mass is 16.5. The van der Waals surface area contributed by atoms with Crippen molar-refractivity contribution in [2.45, 2.75) is 25.7 Å². The van der Waals surface area contributed by atoms with E-state index in [9.17, 15) is 9.90 Å². The normalized spacial score (nSPS) is 34.4. The summed E-state index contributed by atoms with van der Waals surface area (Å²) in [5, 5.41) is 13.2. The molecule has 0 radical (unpaired) electrons. The summed E-state index contributed by atoms with van der Waals surface area (Å²) < 4.78 is 5.21. The number of nitrogens with zero attached hydrogens (tertiary/aromatic N) is 2. The third-order valence-corrected chi connectivity index (χ3v) is 3.83. The van der Waals surface area contributed by atoms with Gasteiger partial charge in [0.15, 0.2) is 5.82 Å². The summed E-state index contributed by atoms with van der Waals surface area (Å²) in [7, 11) is 0. The maximum atomic E-state index is 11.3. The fraction of sp³-hybridized carbons (Fsp3) is 0.583. The van der Waals surface area contributed by atoms with Gasteiger partial charge in [0.2, 0.25) is 5.89 Å². The Labute approximate surface area is 98.5 Å². The van der Waals surface area contributed by atoms with Crippen molar-refractivity contribution in [3.63, 3.8) is 0 Å². The Hall–Kier alpha value is -1.65. The van der Waals surface area contributed by atoms with Gasteiger partial charge in [0.25, 0.3) is 0 Å². The molecular weight excluding hydrogens is 220 g/mol. The number of rotatable bonds is 3. The first-order valence-corrected chi connectivity index (χ1v) is 5.94. The molecule has 1 heterocycles. The van der Waals surface area contributed by atoms with Crippen LogP contribution in [0.5, 0.6) is 0 Å². The molecule has 90 valence electrons. The number of aromatic nitrogens is 2. The largest absolute Gasteiger partial charge is 0.481 e. The zero-order chi connectivity index (χ0) is 12.0. The maximum absolute atomic E-state index is 11.3. The Morgan fingerprint density at radius 3 is 2.94 bits per heavy atom. The fourth-order valence-corrected chi connectivity index (χ4v) is 3.04. The lowest BCUT2D eigenvalue weighted by atomic mass is 9.83. The van der Waals surface area contributed by atoms with E-state index in [2.05, 4.69) is 16.2 Å². The summed E-state index contributed by atoms with van der Waals surface area (Å²) in [4.78, 5) is 15.6. The lowest BCUT2D eigenvalue weighted by molar-refractivity contribution is -0.143. The maximum Gasteiger partial charge on any atom is 0.307 e. The molecule has 0 spiro atoms. The predicted molar refractivity (Wildman–Crippen MR) is 58.3 cm³/mol. The number of fused-ring (bicyclic) bond motifs is 2. The van der Waals surface area contributed by atoms with Crippen molar-refractivity contribution < 1.29 is 14.4 Å². The molecule has 5 nitrogen and oxygen atoms in total. The second kappa shape index (κ2) is 3.68. The third kappa shape index (κ3) is 1.49. The zero-order valence-electron chi connectivity index (χ0n) is 9.54. The molecule has 0 aliphatic heterocycles. The fourth-order valence-electron chi connectivity index (χ4n) is 3.04. The Kier molecular flexibility index (Phi) is 2.28. The monoisotopic (exact) mass is 234 g/mol. The number of carbonyl (C=O) groups is 1. The highest BCUT2D eigenvalue weighted by Gasteiger charge is 2.51. The van der Waals surface area contributed by atoms with Crippen LogP contribution in [0.1, 0.15) is 31.0 Å². The van der Waals surface area contributed by atoms with Gasteiger partial charge in [0.05, 0.1) is 11.8 Å². The first-order chi connectivity index (χ1) is 8.20.